The predicted octanol–water partition coefficient (Wildman–Crippen LogP) is 1.84. The third-order valence-corrected chi connectivity index (χ3v) is 5.68. The van der Waals surface area contributed by atoms with E-state index in [2.05, 4.69) is 0 Å². The van der Waals surface area contributed by atoms with Crippen LogP contribution >= 0.6 is 0 Å². The van der Waals surface area contributed by atoms with Crippen molar-refractivity contribution in [3.63, 3.8) is 0 Å². The summed E-state index contributed by atoms with van der Waals surface area (Å²) in [6.07, 6.45) is 0.501. The molecule has 5 nitrogen and oxygen atoms in total. The Hall–Kier alpha value is -1.54. The predicted molar refractivity (Wildman–Crippen MR) is 81.2 cm³/mol. The average molecular weight is 346 g/mol. The lowest BCUT2D eigenvalue weighted by molar-refractivity contribution is -0.134. The molecule has 0 radical (unpaired) electrons. The lowest BCUT2D eigenvalue weighted by Gasteiger charge is -2.23. The minimum Gasteiger partial charge on any atom is -0.341 e. The molecule has 0 aromatic heterocycles. The highest BCUT2D eigenvalue weighted by molar-refractivity contribution is 7.89. The minimum atomic E-state index is -3.91. The zero-order chi connectivity index (χ0) is 17.2. The van der Waals surface area contributed by atoms with Crippen LogP contribution in [0, 0.1) is 17.6 Å². The molecule has 1 amide bonds. The molecule has 0 spiro atoms. The van der Waals surface area contributed by atoms with Gasteiger partial charge in [0, 0.05) is 32.1 Å². The van der Waals surface area contributed by atoms with Crippen molar-refractivity contribution >= 4 is 15.9 Å². The highest BCUT2D eigenvalue weighted by Crippen LogP contribution is 2.20. The molecule has 0 N–H and O–H groups in total. The van der Waals surface area contributed by atoms with Gasteiger partial charge < -0.3 is 4.90 Å². The van der Waals surface area contributed by atoms with E-state index in [0.29, 0.717) is 25.6 Å². The van der Waals surface area contributed by atoms with Gasteiger partial charge in [0.15, 0.2) is 11.6 Å². The molecule has 0 unspecified atom stereocenters. The van der Waals surface area contributed by atoms with Gasteiger partial charge in [0.2, 0.25) is 15.9 Å². The lowest BCUT2D eigenvalue weighted by Crippen LogP contribution is -2.38. The molecule has 1 aromatic carbocycles. The highest BCUT2D eigenvalue weighted by Gasteiger charge is 2.29. The van der Waals surface area contributed by atoms with Crippen molar-refractivity contribution in [1.82, 2.24) is 9.21 Å². The summed E-state index contributed by atoms with van der Waals surface area (Å²) in [5.74, 6) is -2.45. The Morgan fingerprint density at radius 3 is 2.39 bits per heavy atom. The van der Waals surface area contributed by atoms with Gasteiger partial charge >= 0.3 is 0 Å². The summed E-state index contributed by atoms with van der Waals surface area (Å²) in [6, 6.07) is 2.54. The normalized spacial score (nSPS) is 17.3. The Balaban J connectivity index is 2.18. The largest absolute Gasteiger partial charge is 0.341 e. The maximum Gasteiger partial charge on any atom is 0.243 e. The SMILES string of the molecule is CC(C)C(=O)N1CCCN(S(=O)(=O)c2ccc(F)c(F)c2)CC1. The third kappa shape index (κ3) is 3.87. The molecule has 1 aliphatic heterocycles. The first kappa shape index (κ1) is 17.8. The minimum absolute atomic E-state index is 0.0166. The van der Waals surface area contributed by atoms with Gasteiger partial charge in [-0.2, -0.15) is 4.31 Å². The van der Waals surface area contributed by atoms with Gasteiger partial charge in [-0.1, -0.05) is 13.8 Å². The summed E-state index contributed by atoms with van der Waals surface area (Å²) in [4.78, 5) is 13.4. The molecular formula is C15H20F2N2O3S. The van der Waals surface area contributed by atoms with Crippen molar-refractivity contribution in [2.75, 3.05) is 26.2 Å². The van der Waals surface area contributed by atoms with E-state index in [-0.39, 0.29) is 29.8 Å². The van der Waals surface area contributed by atoms with Gasteiger partial charge in [0.25, 0.3) is 0 Å². The maximum atomic E-state index is 13.3. The number of hydrogen-bond acceptors (Lipinski definition) is 3. The monoisotopic (exact) mass is 346 g/mol. The fraction of sp³-hybridized carbons (Fsp3) is 0.533. The molecule has 23 heavy (non-hydrogen) atoms. The van der Waals surface area contributed by atoms with E-state index in [9.17, 15) is 22.0 Å². The van der Waals surface area contributed by atoms with E-state index in [0.717, 1.165) is 12.1 Å². The Morgan fingerprint density at radius 2 is 1.78 bits per heavy atom. The maximum absolute atomic E-state index is 13.3. The van der Waals surface area contributed by atoms with E-state index in [4.69, 9.17) is 0 Å². The van der Waals surface area contributed by atoms with E-state index in [1.165, 1.54) is 4.31 Å². The van der Waals surface area contributed by atoms with Crippen LogP contribution in [0.25, 0.3) is 0 Å². The van der Waals surface area contributed by atoms with Crippen LogP contribution in [-0.2, 0) is 14.8 Å². The number of halogens is 2. The van der Waals surface area contributed by atoms with Crippen molar-refractivity contribution in [1.29, 1.82) is 0 Å². The highest BCUT2D eigenvalue weighted by atomic mass is 32.2. The van der Waals surface area contributed by atoms with Crippen molar-refractivity contribution in [2.45, 2.75) is 25.2 Å². The molecule has 1 fully saturated rings. The molecule has 0 bridgehead atoms. The van der Waals surface area contributed by atoms with Crippen LogP contribution in [0.1, 0.15) is 20.3 Å². The average Bonchev–Trinajstić information content (AvgIpc) is 2.75. The zero-order valence-electron chi connectivity index (χ0n) is 13.1. The number of hydrogen-bond donors (Lipinski definition) is 0. The molecular weight excluding hydrogens is 326 g/mol. The fourth-order valence-corrected chi connectivity index (χ4v) is 3.99. The van der Waals surface area contributed by atoms with Crippen LogP contribution in [0.3, 0.4) is 0 Å². The van der Waals surface area contributed by atoms with Crippen LogP contribution in [0.4, 0.5) is 8.78 Å². The molecule has 0 saturated carbocycles. The molecule has 0 aliphatic carbocycles. The summed E-state index contributed by atoms with van der Waals surface area (Å²) in [5, 5.41) is 0. The van der Waals surface area contributed by atoms with Crippen LogP contribution in [0.5, 0.6) is 0 Å². The summed E-state index contributed by atoms with van der Waals surface area (Å²) < 4.78 is 52.6. The first-order chi connectivity index (χ1) is 10.7. The second-order valence-electron chi connectivity index (χ2n) is 5.81. The number of sulfonamides is 1. The molecule has 2 rings (SSSR count). The van der Waals surface area contributed by atoms with Gasteiger partial charge in [0.05, 0.1) is 4.90 Å². The molecule has 1 saturated heterocycles. The van der Waals surface area contributed by atoms with E-state index in [1.54, 1.807) is 18.7 Å². The Morgan fingerprint density at radius 1 is 1.09 bits per heavy atom. The van der Waals surface area contributed by atoms with Crippen molar-refractivity contribution in [3.8, 4) is 0 Å². The number of nitrogens with zero attached hydrogens (tertiary/aromatic N) is 2. The fourth-order valence-electron chi connectivity index (χ4n) is 2.51. The van der Waals surface area contributed by atoms with Crippen molar-refractivity contribution in [2.24, 2.45) is 5.92 Å². The van der Waals surface area contributed by atoms with E-state index in [1.807, 2.05) is 0 Å². The van der Waals surface area contributed by atoms with Crippen LogP contribution in [0.2, 0.25) is 0 Å². The molecule has 0 atom stereocenters. The van der Waals surface area contributed by atoms with Crippen LogP contribution in [-0.4, -0.2) is 49.7 Å². The van der Waals surface area contributed by atoms with Crippen LogP contribution in [0.15, 0.2) is 23.1 Å². The zero-order valence-corrected chi connectivity index (χ0v) is 13.9. The molecule has 8 heteroatoms. The quantitative estimate of drug-likeness (QED) is 0.839. The van der Waals surface area contributed by atoms with Gasteiger partial charge in [-0.05, 0) is 24.6 Å². The summed E-state index contributed by atoms with van der Waals surface area (Å²) >= 11 is 0. The summed E-state index contributed by atoms with van der Waals surface area (Å²) in [6.45, 7) is 4.75. The number of benzene rings is 1. The van der Waals surface area contributed by atoms with Crippen LogP contribution < -0.4 is 0 Å². The second-order valence-corrected chi connectivity index (χ2v) is 7.75. The van der Waals surface area contributed by atoms with E-state index >= 15 is 0 Å². The van der Waals surface area contributed by atoms with Crippen molar-refractivity contribution < 1.29 is 22.0 Å². The first-order valence-electron chi connectivity index (χ1n) is 7.47. The van der Waals surface area contributed by atoms with Gasteiger partial charge in [-0.15, -0.1) is 0 Å². The smallest absolute Gasteiger partial charge is 0.243 e. The van der Waals surface area contributed by atoms with Crippen molar-refractivity contribution in [3.05, 3.63) is 29.8 Å². The molecule has 1 aliphatic rings. The second kappa shape index (κ2) is 6.92. The topological polar surface area (TPSA) is 57.7 Å². The Labute approximate surface area is 134 Å². The molecule has 1 aromatic rings. The van der Waals surface area contributed by atoms with E-state index < -0.39 is 21.7 Å². The Bertz CT molecular complexity index is 692. The number of rotatable bonds is 3. The van der Waals surface area contributed by atoms with Gasteiger partial charge in [-0.3, -0.25) is 4.79 Å². The summed E-state index contributed by atoms with van der Waals surface area (Å²) in [5.41, 5.74) is 0. The standard InChI is InChI=1S/C15H20F2N2O3S/c1-11(2)15(20)18-6-3-7-19(9-8-18)23(21,22)12-4-5-13(16)14(17)10-12/h4-5,10-11H,3,6-9H2,1-2H3. The number of amides is 1. The molecule has 1 heterocycles. The lowest BCUT2D eigenvalue weighted by atomic mass is 10.2. The van der Waals surface area contributed by atoms with Gasteiger partial charge in [0.1, 0.15) is 0 Å². The Kier molecular flexibility index (Phi) is 5.36. The van der Waals surface area contributed by atoms with Gasteiger partial charge in [-0.25, -0.2) is 17.2 Å². The first-order valence-corrected chi connectivity index (χ1v) is 8.91. The number of carbonyl (C=O) groups excluding carboxylic acids is 1. The third-order valence-electron chi connectivity index (χ3n) is 3.79. The molecule has 128 valence electrons. The number of carbonyl (C=O) groups is 1. The summed E-state index contributed by atoms with van der Waals surface area (Å²) in [7, 11) is -3.91.